The molecule has 0 fully saturated rings. The number of pyridine rings is 1. The summed E-state index contributed by atoms with van der Waals surface area (Å²) in [4.78, 5) is 14.6. The Morgan fingerprint density at radius 3 is 2.35 bits per heavy atom. The zero-order valence-corrected chi connectivity index (χ0v) is 16.1. The number of amides is 1. The van der Waals surface area contributed by atoms with Crippen LogP contribution in [0.1, 0.15) is 34.6 Å². The Hall–Kier alpha value is -0.980. The predicted octanol–water partition coefficient (Wildman–Crippen LogP) is 4.16. The maximum atomic E-state index is 12.7. The van der Waals surface area contributed by atoms with Crippen molar-refractivity contribution in [3.05, 3.63) is 22.3 Å². The molecule has 0 aliphatic heterocycles. The normalized spacial score (nSPS) is 13.1. The van der Waals surface area contributed by atoms with E-state index < -0.39 is 0 Å². The van der Waals surface area contributed by atoms with Crippen molar-refractivity contribution < 1.29 is 4.79 Å². The topological polar surface area (TPSA) is 50.5 Å². The maximum Gasteiger partial charge on any atom is 0.236 e. The summed E-state index contributed by atoms with van der Waals surface area (Å²) in [5.41, 5.74) is 0.530. The van der Waals surface area contributed by atoms with Gasteiger partial charge in [-0.25, -0.2) is 0 Å². The minimum Gasteiger partial charge on any atom is -0.337 e. The van der Waals surface area contributed by atoms with Gasteiger partial charge in [-0.1, -0.05) is 35.0 Å². The van der Waals surface area contributed by atoms with Crippen LogP contribution in [0, 0.1) is 0 Å². The molecular formula is C15H20Cl2N4OS. The summed E-state index contributed by atoms with van der Waals surface area (Å²) in [6.45, 7) is 9.93. The lowest BCUT2D eigenvalue weighted by molar-refractivity contribution is -0.133. The van der Waals surface area contributed by atoms with Gasteiger partial charge in [-0.2, -0.15) is 0 Å². The van der Waals surface area contributed by atoms with Crippen LogP contribution in [-0.4, -0.2) is 42.7 Å². The van der Waals surface area contributed by atoms with Gasteiger partial charge in [0.15, 0.2) is 10.8 Å². The Bertz CT molecular complexity index is 709. The molecule has 8 heteroatoms. The Balaban J connectivity index is 2.27. The highest BCUT2D eigenvalue weighted by Gasteiger charge is 2.27. The van der Waals surface area contributed by atoms with Crippen molar-refractivity contribution in [3.63, 3.8) is 0 Å². The number of hydrogen-bond donors (Lipinski definition) is 0. The van der Waals surface area contributed by atoms with E-state index in [0.717, 1.165) is 0 Å². The van der Waals surface area contributed by atoms with Gasteiger partial charge in [0.1, 0.15) is 0 Å². The Morgan fingerprint density at radius 1 is 1.17 bits per heavy atom. The summed E-state index contributed by atoms with van der Waals surface area (Å²) in [7, 11) is 0. The molecule has 1 atom stereocenters. The van der Waals surface area contributed by atoms with Gasteiger partial charge in [-0.3, -0.25) is 9.20 Å². The van der Waals surface area contributed by atoms with Crippen LogP contribution in [0.5, 0.6) is 0 Å². The van der Waals surface area contributed by atoms with Crippen LogP contribution >= 0.6 is 35.0 Å². The highest BCUT2D eigenvalue weighted by Crippen LogP contribution is 2.28. The lowest BCUT2D eigenvalue weighted by Gasteiger charge is -2.32. The first kappa shape index (κ1) is 18.4. The molecule has 5 nitrogen and oxygen atoms in total. The molecule has 0 spiro atoms. The molecule has 1 amide bonds. The zero-order valence-electron chi connectivity index (χ0n) is 13.7. The quantitative estimate of drug-likeness (QED) is 0.737. The third-order valence-corrected chi connectivity index (χ3v) is 4.92. The van der Waals surface area contributed by atoms with Gasteiger partial charge in [0.2, 0.25) is 5.91 Å². The lowest BCUT2D eigenvalue weighted by Crippen LogP contribution is -2.45. The van der Waals surface area contributed by atoms with Gasteiger partial charge in [0.25, 0.3) is 0 Å². The van der Waals surface area contributed by atoms with Crippen molar-refractivity contribution in [2.45, 2.75) is 57.1 Å². The average Bonchev–Trinajstić information content (AvgIpc) is 2.81. The van der Waals surface area contributed by atoms with Crippen LogP contribution in [0.2, 0.25) is 10.0 Å². The molecule has 2 rings (SSSR count). The van der Waals surface area contributed by atoms with Gasteiger partial charge >= 0.3 is 0 Å². The molecule has 23 heavy (non-hydrogen) atoms. The van der Waals surface area contributed by atoms with Crippen molar-refractivity contribution in [3.8, 4) is 0 Å². The van der Waals surface area contributed by atoms with Gasteiger partial charge in [-0.05, 0) is 40.7 Å². The fourth-order valence-corrected chi connectivity index (χ4v) is 3.89. The zero-order chi connectivity index (χ0) is 17.3. The van der Waals surface area contributed by atoms with E-state index in [1.54, 1.807) is 16.7 Å². The molecule has 0 radical (unpaired) electrons. The monoisotopic (exact) mass is 374 g/mol. The third-order valence-electron chi connectivity index (χ3n) is 3.39. The molecule has 0 bridgehead atoms. The second-order valence-corrected chi connectivity index (χ2v) is 8.03. The smallest absolute Gasteiger partial charge is 0.236 e. The Kier molecular flexibility index (Phi) is 5.81. The first-order chi connectivity index (χ1) is 10.7. The molecule has 0 saturated heterocycles. The maximum absolute atomic E-state index is 12.7. The van der Waals surface area contributed by atoms with E-state index in [2.05, 4.69) is 10.2 Å². The molecule has 0 aliphatic carbocycles. The number of hydrogen-bond acceptors (Lipinski definition) is 4. The highest BCUT2D eigenvalue weighted by atomic mass is 35.5. The first-order valence-corrected chi connectivity index (χ1v) is 9.04. The van der Waals surface area contributed by atoms with Crippen LogP contribution in [0.3, 0.4) is 0 Å². The molecule has 2 aromatic heterocycles. The molecule has 0 saturated carbocycles. The molecule has 0 N–H and O–H groups in total. The summed E-state index contributed by atoms with van der Waals surface area (Å²) < 4.78 is 1.72. The fraction of sp³-hybridized carbons (Fsp3) is 0.533. The summed E-state index contributed by atoms with van der Waals surface area (Å²) >= 11 is 13.5. The van der Waals surface area contributed by atoms with Crippen molar-refractivity contribution in [1.82, 2.24) is 19.5 Å². The van der Waals surface area contributed by atoms with Crippen LogP contribution < -0.4 is 0 Å². The first-order valence-electron chi connectivity index (χ1n) is 7.41. The van der Waals surface area contributed by atoms with Crippen molar-refractivity contribution in [2.75, 3.05) is 0 Å². The number of carbonyl (C=O) groups is 1. The summed E-state index contributed by atoms with van der Waals surface area (Å²) in [6, 6.07) is 1.91. The van der Waals surface area contributed by atoms with Crippen LogP contribution in [0.4, 0.5) is 0 Å². The van der Waals surface area contributed by atoms with E-state index >= 15 is 0 Å². The standard InChI is InChI=1S/C15H20Cl2N4OS/c1-8(2)21(9(3)4)14(22)10(5)23-15-19-18-13-12(17)6-11(16)7-20(13)15/h6-10H,1-5H3. The van der Waals surface area contributed by atoms with E-state index in [4.69, 9.17) is 23.2 Å². The van der Waals surface area contributed by atoms with Crippen LogP contribution in [0.25, 0.3) is 5.65 Å². The largest absolute Gasteiger partial charge is 0.337 e. The summed E-state index contributed by atoms with van der Waals surface area (Å²) in [6.07, 6.45) is 1.70. The number of rotatable bonds is 5. The van der Waals surface area contributed by atoms with Crippen LogP contribution in [0.15, 0.2) is 17.4 Å². The Morgan fingerprint density at radius 2 is 1.78 bits per heavy atom. The third kappa shape index (κ3) is 3.92. The van der Waals surface area contributed by atoms with Crippen molar-refractivity contribution >= 4 is 46.5 Å². The average molecular weight is 375 g/mol. The van der Waals surface area contributed by atoms with Crippen molar-refractivity contribution in [1.29, 1.82) is 0 Å². The van der Waals surface area contributed by atoms with Crippen molar-refractivity contribution in [2.24, 2.45) is 0 Å². The molecule has 0 aromatic carbocycles. The molecule has 2 aromatic rings. The lowest BCUT2D eigenvalue weighted by atomic mass is 10.2. The van der Waals surface area contributed by atoms with Gasteiger partial charge in [-0.15, -0.1) is 10.2 Å². The second-order valence-electron chi connectivity index (χ2n) is 5.88. The number of nitrogens with zero attached hydrogens (tertiary/aromatic N) is 4. The molecule has 0 aliphatic rings. The van der Waals surface area contributed by atoms with E-state index in [9.17, 15) is 4.79 Å². The molecule has 2 heterocycles. The number of fused-ring (bicyclic) bond motifs is 1. The second kappa shape index (κ2) is 7.28. The highest BCUT2D eigenvalue weighted by molar-refractivity contribution is 8.00. The van der Waals surface area contributed by atoms with E-state index in [1.807, 2.05) is 39.5 Å². The molecular weight excluding hydrogens is 355 g/mol. The minimum atomic E-state index is -0.287. The van der Waals surface area contributed by atoms with Gasteiger partial charge in [0.05, 0.1) is 15.3 Å². The van der Waals surface area contributed by atoms with E-state index in [-0.39, 0.29) is 23.2 Å². The van der Waals surface area contributed by atoms with Crippen LogP contribution in [-0.2, 0) is 4.79 Å². The number of halogens is 2. The van der Waals surface area contributed by atoms with E-state index in [1.165, 1.54) is 11.8 Å². The van der Waals surface area contributed by atoms with Gasteiger partial charge in [0, 0.05) is 18.3 Å². The van der Waals surface area contributed by atoms with Gasteiger partial charge < -0.3 is 4.90 Å². The SMILES string of the molecule is CC(Sc1nnc2c(Cl)cc(Cl)cn12)C(=O)N(C(C)C)C(C)C. The number of carbonyl (C=O) groups excluding carboxylic acids is 1. The molecule has 1 unspecified atom stereocenters. The number of aromatic nitrogens is 3. The number of thioether (sulfide) groups is 1. The molecule has 126 valence electrons. The summed E-state index contributed by atoms with van der Waals surface area (Å²) in [5.74, 6) is 0.0740. The summed E-state index contributed by atoms with van der Waals surface area (Å²) in [5, 5.41) is 9.43. The predicted molar refractivity (Wildman–Crippen MR) is 95.4 cm³/mol. The Labute approximate surface area is 150 Å². The minimum absolute atomic E-state index is 0.0740. The fourth-order valence-electron chi connectivity index (χ4n) is 2.51. The van der Waals surface area contributed by atoms with E-state index in [0.29, 0.717) is 20.8 Å².